The summed E-state index contributed by atoms with van der Waals surface area (Å²) < 4.78 is 12.8. The highest BCUT2D eigenvalue weighted by Gasteiger charge is 2.15. The topological polar surface area (TPSA) is 55.2 Å². The van der Waals surface area contributed by atoms with Crippen LogP contribution in [0.3, 0.4) is 0 Å². The Morgan fingerprint density at radius 3 is 2.94 bits per heavy atom. The molecule has 1 unspecified atom stereocenters. The summed E-state index contributed by atoms with van der Waals surface area (Å²) in [4.78, 5) is 10.0. The Hall–Kier alpha value is -2.09. The van der Waals surface area contributed by atoms with Crippen molar-refractivity contribution in [1.29, 1.82) is 0 Å². The van der Waals surface area contributed by atoms with E-state index in [0.717, 1.165) is 12.1 Å². The van der Waals surface area contributed by atoms with E-state index >= 15 is 0 Å². The molecule has 1 aromatic carbocycles. The molecule has 0 saturated carbocycles. The number of hydrogen-bond acceptors (Lipinski definition) is 3. The van der Waals surface area contributed by atoms with Crippen LogP contribution in [0.5, 0.6) is 0 Å². The van der Waals surface area contributed by atoms with E-state index in [4.69, 9.17) is 6.42 Å². The van der Waals surface area contributed by atoms with Crippen molar-refractivity contribution >= 4 is 11.4 Å². The van der Waals surface area contributed by atoms with Gasteiger partial charge in [-0.05, 0) is 19.1 Å². The molecular weight excluding hydrogens is 211 g/mol. The van der Waals surface area contributed by atoms with Gasteiger partial charge in [-0.25, -0.2) is 4.39 Å². The minimum absolute atomic E-state index is 0.103. The molecule has 0 heterocycles. The highest BCUT2D eigenvalue weighted by molar-refractivity contribution is 5.61. The van der Waals surface area contributed by atoms with Gasteiger partial charge < -0.3 is 5.32 Å². The van der Waals surface area contributed by atoms with Crippen LogP contribution in [-0.4, -0.2) is 11.0 Å². The summed E-state index contributed by atoms with van der Waals surface area (Å²) in [6, 6.07) is 3.28. The smallest absolute Gasteiger partial charge is 0.295 e. The number of rotatable bonds is 4. The SMILES string of the molecule is C#CCC(C)Nc1ccc(F)cc1[N+](=O)[O-]. The standard InChI is InChI=1S/C11H11FN2O2/c1-3-4-8(2)13-10-6-5-9(12)7-11(10)14(15)16/h1,5-8,13H,4H2,2H3. The number of terminal acetylenes is 1. The summed E-state index contributed by atoms with van der Waals surface area (Å²) in [7, 11) is 0. The van der Waals surface area contributed by atoms with E-state index in [-0.39, 0.29) is 17.4 Å². The van der Waals surface area contributed by atoms with Gasteiger partial charge in [-0.2, -0.15) is 0 Å². The molecule has 0 spiro atoms. The molecule has 0 amide bonds. The molecular formula is C11H11FN2O2. The van der Waals surface area contributed by atoms with Crippen molar-refractivity contribution in [1.82, 2.24) is 0 Å². The quantitative estimate of drug-likeness (QED) is 0.484. The van der Waals surface area contributed by atoms with Crippen LogP contribution >= 0.6 is 0 Å². The molecule has 5 heteroatoms. The molecule has 1 aromatic rings. The van der Waals surface area contributed by atoms with Crippen molar-refractivity contribution in [3.05, 3.63) is 34.1 Å². The van der Waals surface area contributed by atoms with Gasteiger partial charge in [0.1, 0.15) is 11.5 Å². The lowest BCUT2D eigenvalue weighted by atomic mass is 10.2. The largest absolute Gasteiger partial charge is 0.376 e. The Morgan fingerprint density at radius 2 is 2.38 bits per heavy atom. The van der Waals surface area contributed by atoms with Crippen molar-refractivity contribution in [3.8, 4) is 12.3 Å². The average Bonchev–Trinajstić information content (AvgIpc) is 2.20. The highest BCUT2D eigenvalue weighted by atomic mass is 19.1. The van der Waals surface area contributed by atoms with E-state index in [0.29, 0.717) is 6.42 Å². The summed E-state index contributed by atoms with van der Waals surface area (Å²) in [6.07, 6.45) is 5.56. The van der Waals surface area contributed by atoms with Crippen molar-refractivity contribution < 1.29 is 9.31 Å². The highest BCUT2D eigenvalue weighted by Crippen LogP contribution is 2.25. The zero-order valence-electron chi connectivity index (χ0n) is 8.74. The molecule has 0 aliphatic carbocycles. The van der Waals surface area contributed by atoms with Gasteiger partial charge in [0.2, 0.25) is 0 Å². The fraction of sp³-hybridized carbons (Fsp3) is 0.273. The Labute approximate surface area is 92.6 Å². The van der Waals surface area contributed by atoms with Gasteiger partial charge in [-0.3, -0.25) is 10.1 Å². The maximum atomic E-state index is 12.8. The lowest BCUT2D eigenvalue weighted by Gasteiger charge is -2.12. The van der Waals surface area contributed by atoms with Crippen LogP contribution in [0.15, 0.2) is 18.2 Å². The second-order valence-corrected chi connectivity index (χ2v) is 3.37. The van der Waals surface area contributed by atoms with Gasteiger partial charge >= 0.3 is 0 Å². The maximum Gasteiger partial charge on any atom is 0.295 e. The molecule has 0 saturated heterocycles. The molecule has 1 rings (SSSR count). The number of nitrogens with zero attached hydrogens (tertiary/aromatic N) is 1. The molecule has 0 aromatic heterocycles. The van der Waals surface area contributed by atoms with Crippen LogP contribution < -0.4 is 5.32 Å². The lowest BCUT2D eigenvalue weighted by molar-refractivity contribution is -0.384. The van der Waals surface area contributed by atoms with E-state index in [9.17, 15) is 14.5 Å². The Morgan fingerprint density at radius 1 is 1.69 bits per heavy atom. The zero-order valence-corrected chi connectivity index (χ0v) is 8.74. The van der Waals surface area contributed by atoms with E-state index in [2.05, 4.69) is 11.2 Å². The van der Waals surface area contributed by atoms with Gasteiger partial charge in [0.25, 0.3) is 5.69 Å². The number of hydrogen-bond donors (Lipinski definition) is 1. The van der Waals surface area contributed by atoms with Gasteiger partial charge in [0.15, 0.2) is 0 Å². The van der Waals surface area contributed by atoms with Crippen LogP contribution in [0.4, 0.5) is 15.8 Å². The van der Waals surface area contributed by atoms with Crippen molar-refractivity contribution in [2.24, 2.45) is 0 Å². The molecule has 0 fully saturated rings. The summed E-state index contributed by atoms with van der Waals surface area (Å²) in [5, 5.41) is 13.5. The van der Waals surface area contributed by atoms with Crippen LogP contribution in [0, 0.1) is 28.3 Å². The zero-order chi connectivity index (χ0) is 12.1. The number of nitro benzene ring substituents is 1. The monoisotopic (exact) mass is 222 g/mol. The molecule has 1 atom stereocenters. The van der Waals surface area contributed by atoms with E-state index in [1.807, 2.05) is 0 Å². The summed E-state index contributed by atoms with van der Waals surface area (Å²) in [6.45, 7) is 1.80. The predicted molar refractivity (Wildman–Crippen MR) is 59.6 cm³/mol. The third-order valence-corrected chi connectivity index (χ3v) is 1.98. The fourth-order valence-electron chi connectivity index (χ4n) is 1.27. The average molecular weight is 222 g/mol. The molecule has 0 aliphatic rings. The van der Waals surface area contributed by atoms with Gasteiger partial charge in [0, 0.05) is 12.5 Å². The predicted octanol–water partition coefficient (Wildman–Crippen LogP) is 2.56. The maximum absolute atomic E-state index is 12.8. The molecule has 0 bridgehead atoms. The summed E-state index contributed by atoms with van der Waals surface area (Å²) >= 11 is 0. The van der Waals surface area contributed by atoms with E-state index in [1.165, 1.54) is 6.07 Å². The second kappa shape index (κ2) is 5.12. The van der Waals surface area contributed by atoms with Crippen LogP contribution in [0.2, 0.25) is 0 Å². The van der Waals surface area contributed by atoms with Crippen LogP contribution in [-0.2, 0) is 0 Å². The normalized spacial score (nSPS) is 11.6. The molecule has 84 valence electrons. The van der Waals surface area contributed by atoms with Gasteiger partial charge in [-0.15, -0.1) is 12.3 Å². The molecule has 4 nitrogen and oxygen atoms in total. The van der Waals surface area contributed by atoms with Gasteiger partial charge in [0.05, 0.1) is 11.0 Å². The number of benzene rings is 1. The Kier molecular flexibility index (Phi) is 3.84. The van der Waals surface area contributed by atoms with Crippen molar-refractivity contribution in [2.75, 3.05) is 5.32 Å². The number of nitrogens with one attached hydrogen (secondary N) is 1. The molecule has 1 N–H and O–H groups in total. The summed E-state index contributed by atoms with van der Waals surface area (Å²) in [5.41, 5.74) is -0.0157. The van der Waals surface area contributed by atoms with Crippen molar-refractivity contribution in [3.63, 3.8) is 0 Å². The first-order valence-corrected chi connectivity index (χ1v) is 4.68. The number of halogens is 1. The van der Waals surface area contributed by atoms with Gasteiger partial charge in [-0.1, -0.05) is 0 Å². The second-order valence-electron chi connectivity index (χ2n) is 3.37. The molecule has 16 heavy (non-hydrogen) atoms. The number of anilines is 1. The first-order chi connectivity index (χ1) is 7.54. The van der Waals surface area contributed by atoms with Crippen LogP contribution in [0.1, 0.15) is 13.3 Å². The minimum Gasteiger partial charge on any atom is -0.376 e. The van der Waals surface area contributed by atoms with Crippen LogP contribution in [0.25, 0.3) is 0 Å². The minimum atomic E-state index is -0.637. The Bertz CT molecular complexity index is 440. The first-order valence-electron chi connectivity index (χ1n) is 4.68. The summed E-state index contributed by atoms with van der Waals surface area (Å²) in [5.74, 6) is 1.80. The van der Waals surface area contributed by atoms with Crippen molar-refractivity contribution in [2.45, 2.75) is 19.4 Å². The number of nitro groups is 1. The van der Waals surface area contributed by atoms with E-state index in [1.54, 1.807) is 6.92 Å². The fourth-order valence-corrected chi connectivity index (χ4v) is 1.27. The molecule has 0 radical (unpaired) electrons. The first kappa shape index (κ1) is 12.0. The third kappa shape index (κ3) is 2.95. The molecule has 0 aliphatic heterocycles. The lowest BCUT2D eigenvalue weighted by Crippen LogP contribution is -2.15. The van der Waals surface area contributed by atoms with E-state index < -0.39 is 10.7 Å². The Balaban J connectivity index is 2.96. The third-order valence-electron chi connectivity index (χ3n) is 1.98.